The molecule has 136 valence electrons. The zero-order valence-electron chi connectivity index (χ0n) is 15.3. The summed E-state index contributed by atoms with van der Waals surface area (Å²) in [5, 5.41) is 2.97. The van der Waals surface area contributed by atoms with Gasteiger partial charge in [0.25, 0.3) is 0 Å². The number of carbonyl (C=O) groups is 2. The molecule has 2 fully saturated rings. The minimum Gasteiger partial charge on any atom is -0.481 e. The molecule has 1 aliphatic heterocycles. The molecule has 0 aromatic carbocycles. The van der Waals surface area contributed by atoms with E-state index in [0.29, 0.717) is 31.4 Å². The predicted octanol–water partition coefficient (Wildman–Crippen LogP) is 2.11. The largest absolute Gasteiger partial charge is 0.481 e. The Kier molecular flexibility index (Phi) is 5.25. The van der Waals surface area contributed by atoms with Crippen LogP contribution in [0.2, 0.25) is 0 Å². The van der Waals surface area contributed by atoms with Crippen LogP contribution >= 0.6 is 0 Å². The number of aryl methyl sites for hydroxylation is 2. The number of hydrogen-bond donors (Lipinski definition) is 1. The van der Waals surface area contributed by atoms with Crippen molar-refractivity contribution in [1.29, 1.82) is 0 Å². The fourth-order valence-corrected chi connectivity index (χ4v) is 4.01. The lowest BCUT2D eigenvalue weighted by Crippen LogP contribution is -2.36. The lowest BCUT2D eigenvalue weighted by Gasteiger charge is -2.24. The molecule has 2 heterocycles. The molecule has 1 N–H and O–H groups in total. The minimum absolute atomic E-state index is 0.0594. The molecule has 6 heteroatoms. The van der Waals surface area contributed by atoms with Crippen molar-refractivity contribution in [3.05, 3.63) is 22.9 Å². The van der Waals surface area contributed by atoms with Crippen molar-refractivity contribution in [3.63, 3.8) is 0 Å². The van der Waals surface area contributed by atoms with Crippen molar-refractivity contribution >= 4 is 11.8 Å². The summed E-state index contributed by atoms with van der Waals surface area (Å²) in [4.78, 5) is 31.1. The molecule has 6 nitrogen and oxygen atoms in total. The zero-order valence-corrected chi connectivity index (χ0v) is 15.3. The summed E-state index contributed by atoms with van der Waals surface area (Å²) in [6.07, 6.45) is 4.84. The van der Waals surface area contributed by atoms with E-state index in [9.17, 15) is 9.59 Å². The summed E-state index contributed by atoms with van der Waals surface area (Å²) < 4.78 is 5.34. The van der Waals surface area contributed by atoms with Gasteiger partial charge in [-0.25, -0.2) is 4.98 Å². The van der Waals surface area contributed by atoms with Crippen LogP contribution in [-0.4, -0.2) is 41.4 Å². The highest BCUT2D eigenvalue weighted by Crippen LogP contribution is 2.29. The number of ether oxygens (including phenoxy) is 1. The van der Waals surface area contributed by atoms with Crippen molar-refractivity contribution < 1.29 is 14.3 Å². The molecular formula is C19H27N3O3. The molecule has 2 amide bonds. The molecule has 1 aromatic rings. The minimum atomic E-state index is -0.252. The first-order chi connectivity index (χ1) is 12.0. The molecule has 0 radical (unpaired) electrons. The predicted molar refractivity (Wildman–Crippen MR) is 94.2 cm³/mol. The average Bonchev–Trinajstić information content (AvgIpc) is 3.22. The van der Waals surface area contributed by atoms with Crippen molar-refractivity contribution in [2.75, 3.05) is 13.7 Å². The molecule has 1 aliphatic carbocycles. The van der Waals surface area contributed by atoms with Gasteiger partial charge in [0.15, 0.2) is 0 Å². The van der Waals surface area contributed by atoms with E-state index in [2.05, 4.69) is 10.3 Å². The number of pyridine rings is 1. The van der Waals surface area contributed by atoms with Crippen LogP contribution in [-0.2, 0) is 16.1 Å². The molecule has 0 spiro atoms. The number of amides is 2. The lowest BCUT2D eigenvalue weighted by molar-refractivity contribution is -0.130. The Hall–Kier alpha value is -2.11. The van der Waals surface area contributed by atoms with Gasteiger partial charge < -0.3 is 15.0 Å². The van der Waals surface area contributed by atoms with Gasteiger partial charge in [-0.05, 0) is 38.3 Å². The molecule has 0 bridgehead atoms. The fraction of sp³-hybridized carbons (Fsp3) is 0.632. The zero-order chi connectivity index (χ0) is 18.0. The van der Waals surface area contributed by atoms with E-state index in [4.69, 9.17) is 4.74 Å². The first kappa shape index (κ1) is 17.7. The van der Waals surface area contributed by atoms with Crippen LogP contribution in [0.25, 0.3) is 0 Å². The Morgan fingerprint density at radius 1 is 1.36 bits per heavy atom. The van der Waals surface area contributed by atoms with Gasteiger partial charge in [-0.1, -0.05) is 12.8 Å². The quantitative estimate of drug-likeness (QED) is 0.887. The standard InChI is InChI=1S/C19H27N3O3/c1-12-8-13(2)21-19(25-3)16(12)10-20-18(24)14-9-17(23)22(11-14)15-6-4-5-7-15/h8,14-15H,4-7,9-11H2,1-3H3,(H,20,24). The van der Waals surface area contributed by atoms with E-state index in [0.717, 1.165) is 29.7 Å². The Morgan fingerprint density at radius 2 is 2.08 bits per heavy atom. The van der Waals surface area contributed by atoms with Crippen molar-refractivity contribution in [1.82, 2.24) is 15.2 Å². The summed E-state index contributed by atoms with van der Waals surface area (Å²) in [5.74, 6) is 0.361. The molecule has 1 saturated carbocycles. The van der Waals surface area contributed by atoms with Crippen LogP contribution < -0.4 is 10.1 Å². The number of carbonyl (C=O) groups excluding carboxylic acids is 2. The van der Waals surface area contributed by atoms with Crippen LogP contribution in [0, 0.1) is 19.8 Å². The van der Waals surface area contributed by atoms with Gasteiger partial charge in [0.05, 0.1) is 13.0 Å². The number of methoxy groups -OCH3 is 1. The van der Waals surface area contributed by atoms with Crippen LogP contribution in [0.1, 0.15) is 48.9 Å². The van der Waals surface area contributed by atoms with E-state index in [1.165, 1.54) is 12.8 Å². The van der Waals surface area contributed by atoms with Gasteiger partial charge in [-0.2, -0.15) is 0 Å². The summed E-state index contributed by atoms with van der Waals surface area (Å²) in [7, 11) is 1.58. The normalized spacial score (nSPS) is 21.0. The van der Waals surface area contributed by atoms with Crippen molar-refractivity contribution in [2.45, 2.75) is 58.5 Å². The number of rotatable bonds is 5. The third kappa shape index (κ3) is 3.78. The molecule has 3 rings (SSSR count). The lowest BCUT2D eigenvalue weighted by atomic mass is 10.1. The number of nitrogens with one attached hydrogen (secondary N) is 1. The summed E-state index contributed by atoms with van der Waals surface area (Å²) in [6, 6.07) is 2.32. The first-order valence-corrected chi connectivity index (χ1v) is 9.08. The summed E-state index contributed by atoms with van der Waals surface area (Å²) in [6.45, 7) is 4.83. The Balaban J connectivity index is 1.61. The smallest absolute Gasteiger partial charge is 0.225 e. The molecule has 1 unspecified atom stereocenters. The van der Waals surface area contributed by atoms with Gasteiger partial charge in [0.1, 0.15) is 0 Å². The Morgan fingerprint density at radius 3 is 2.76 bits per heavy atom. The summed E-state index contributed by atoms with van der Waals surface area (Å²) in [5.41, 5.74) is 2.82. The van der Waals surface area contributed by atoms with Crippen LogP contribution in [0.15, 0.2) is 6.07 Å². The topological polar surface area (TPSA) is 71.5 Å². The maximum absolute atomic E-state index is 12.6. The Bertz CT molecular complexity index is 668. The van der Waals surface area contributed by atoms with Gasteiger partial charge in [0, 0.05) is 36.8 Å². The number of likely N-dealkylation sites (tertiary alicyclic amines) is 1. The highest BCUT2D eigenvalue weighted by atomic mass is 16.5. The van der Waals surface area contributed by atoms with Crippen LogP contribution in [0.4, 0.5) is 0 Å². The molecule has 2 aliphatic rings. The SMILES string of the molecule is COc1nc(C)cc(C)c1CNC(=O)C1CC(=O)N(C2CCCC2)C1. The summed E-state index contributed by atoms with van der Waals surface area (Å²) >= 11 is 0. The maximum Gasteiger partial charge on any atom is 0.225 e. The molecule has 1 atom stereocenters. The van der Waals surface area contributed by atoms with Gasteiger partial charge in [0.2, 0.25) is 17.7 Å². The van der Waals surface area contributed by atoms with Gasteiger partial charge >= 0.3 is 0 Å². The molecular weight excluding hydrogens is 318 g/mol. The second kappa shape index (κ2) is 7.42. The van der Waals surface area contributed by atoms with E-state index in [1.54, 1.807) is 7.11 Å². The number of hydrogen-bond acceptors (Lipinski definition) is 4. The second-order valence-electron chi connectivity index (χ2n) is 7.17. The van der Waals surface area contributed by atoms with Crippen LogP contribution in [0.5, 0.6) is 5.88 Å². The second-order valence-corrected chi connectivity index (χ2v) is 7.17. The van der Waals surface area contributed by atoms with E-state index < -0.39 is 0 Å². The fourth-order valence-electron chi connectivity index (χ4n) is 4.01. The van der Waals surface area contributed by atoms with E-state index in [-0.39, 0.29) is 17.7 Å². The highest BCUT2D eigenvalue weighted by molar-refractivity contribution is 5.89. The number of nitrogens with zero attached hydrogens (tertiary/aromatic N) is 2. The van der Waals surface area contributed by atoms with Crippen LogP contribution in [0.3, 0.4) is 0 Å². The molecule has 25 heavy (non-hydrogen) atoms. The van der Waals surface area contributed by atoms with Gasteiger partial charge in [-0.3, -0.25) is 9.59 Å². The van der Waals surface area contributed by atoms with E-state index in [1.807, 2.05) is 24.8 Å². The third-order valence-corrected chi connectivity index (χ3v) is 5.36. The Labute approximate surface area is 148 Å². The van der Waals surface area contributed by atoms with Crippen molar-refractivity contribution in [2.24, 2.45) is 5.92 Å². The molecule has 1 aromatic heterocycles. The number of aromatic nitrogens is 1. The monoisotopic (exact) mass is 345 g/mol. The maximum atomic E-state index is 12.6. The molecule has 1 saturated heterocycles. The third-order valence-electron chi connectivity index (χ3n) is 5.36. The first-order valence-electron chi connectivity index (χ1n) is 9.08. The van der Waals surface area contributed by atoms with Crippen molar-refractivity contribution in [3.8, 4) is 5.88 Å². The van der Waals surface area contributed by atoms with E-state index >= 15 is 0 Å². The highest BCUT2D eigenvalue weighted by Gasteiger charge is 2.38. The average molecular weight is 345 g/mol. The van der Waals surface area contributed by atoms with Gasteiger partial charge in [-0.15, -0.1) is 0 Å².